The number of carbonyl (C=O) groups is 1. The molecule has 0 heterocycles. The topological polar surface area (TPSA) is 90.7 Å². The maximum atomic E-state index is 12.0. The van der Waals surface area contributed by atoms with E-state index in [2.05, 4.69) is 5.32 Å². The number of nitrogens with one attached hydrogen (secondary N) is 1. The van der Waals surface area contributed by atoms with Gasteiger partial charge in [0.2, 0.25) is 0 Å². The number of hydrogen-bond donors (Lipinski definition) is 1. The Hall–Kier alpha value is -2.15. The van der Waals surface area contributed by atoms with Gasteiger partial charge in [0.25, 0.3) is 5.69 Å². The van der Waals surface area contributed by atoms with Gasteiger partial charge in [-0.3, -0.25) is 14.9 Å². The summed E-state index contributed by atoms with van der Waals surface area (Å²) < 4.78 is 10.7. The van der Waals surface area contributed by atoms with Gasteiger partial charge in [-0.25, -0.2) is 0 Å². The number of ether oxygens (including phenoxy) is 2. The maximum absolute atomic E-state index is 12.0. The molecule has 1 rings (SSSR count). The van der Waals surface area contributed by atoms with E-state index in [0.717, 1.165) is 0 Å². The van der Waals surface area contributed by atoms with Crippen LogP contribution >= 0.6 is 0 Å². The highest BCUT2D eigenvalue weighted by molar-refractivity contribution is 5.85. The zero-order valence-electron chi connectivity index (χ0n) is 14.4. The van der Waals surface area contributed by atoms with Gasteiger partial charge in [-0.05, 0) is 20.0 Å². The van der Waals surface area contributed by atoms with Gasteiger partial charge >= 0.3 is 0 Å². The number of hydrogen-bond acceptors (Lipinski definition) is 6. The number of benzene rings is 1. The fourth-order valence-electron chi connectivity index (χ4n) is 1.86. The summed E-state index contributed by atoms with van der Waals surface area (Å²) in [6, 6.07) is 2.64. The molecule has 1 aromatic rings. The Morgan fingerprint density at radius 2 is 1.96 bits per heavy atom. The van der Waals surface area contributed by atoms with Crippen molar-refractivity contribution in [2.45, 2.75) is 33.7 Å². The number of carbonyl (C=O) groups excluding carboxylic acids is 1. The van der Waals surface area contributed by atoms with Gasteiger partial charge in [0, 0.05) is 11.5 Å². The minimum Gasteiger partial charge on any atom is -0.493 e. The van der Waals surface area contributed by atoms with Crippen LogP contribution in [0.3, 0.4) is 0 Å². The summed E-state index contributed by atoms with van der Waals surface area (Å²) >= 11 is 0. The number of Topliss-reactive ketones (excluding diaryl/α,β-unsaturated/α-hetero) is 1. The van der Waals surface area contributed by atoms with Crippen LogP contribution in [0.2, 0.25) is 0 Å². The summed E-state index contributed by atoms with van der Waals surface area (Å²) in [6.07, 6.45) is 0. The molecule has 7 nitrogen and oxygen atoms in total. The lowest BCUT2D eigenvalue weighted by molar-refractivity contribution is -0.385. The Kier molecular flexibility index (Phi) is 6.09. The maximum Gasteiger partial charge on any atom is 0.278 e. The van der Waals surface area contributed by atoms with E-state index in [0.29, 0.717) is 11.3 Å². The molecule has 0 radical (unpaired) electrons. The van der Waals surface area contributed by atoms with Crippen LogP contribution in [0.25, 0.3) is 0 Å². The molecule has 0 aliphatic rings. The summed E-state index contributed by atoms with van der Waals surface area (Å²) in [7, 11) is 3.17. The molecule has 0 bridgehead atoms. The predicted octanol–water partition coefficient (Wildman–Crippen LogP) is 2.88. The van der Waals surface area contributed by atoms with Gasteiger partial charge in [0.1, 0.15) is 6.61 Å². The monoisotopic (exact) mass is 324 g/mol. The zero-order chi connectivity index (χ0) is 17.8. The van der Waals surface area contributed by atoms with E-state index in [1.165, 1.54) is 13.2 Å². The van der Waals surface area contributed by atoms with Crippen LogP contribution in [-0.4, -0.2) is 31.5 Å². The Labute approximate surface area is 136 Å². The minimum atomic E-state index is -0.542. The summed E-state index contributed by atoms with van der Waals surface area (Å²) in [5.74, 6) is 0.438. The highest BCUT2D eigenvalue weighted by atomic mass is 16.6. The number of nitro groups is 1. The first kappa shape index (κ1) is 18.9. The van der Waals surface area contributed by atoms with E-state index >= 15 is 0 Å². The Bertz CT molecular complexity index is 593. The third-order valence-electron chi connectivity index (χ3n) is 3.60. The van der Waals surface area contributed by atoms with E-state index in [1.807, 2.05) is 6.92 Å². The molecule has 0 aliphatic heterocycles. The Morgan fingerprint density at radius 3 is 2.39 bits per heavy atom. The Morgan fingerprint density at radius 1 is 1.35 bits per heavy atom. The van der Waals surface area contributed by atoms with Crippen LogP contribution in [0.1, 0.15) is 39.3 Å². The molecule has 7 heteroatoms. The van der Waals surface area contributed by atoms with Gasteiger partial charge in [-0.1, -0.05) is 20.8 Å². The van der Waals surface area contributed by atoms with E-state index in [-0.39, 0.29) is 29.9 Å². The van der Waals surface area contributed by atoms with Crippen molar-refractivity contribution in [2.24, 2.45) is 5.41 Å². The smallest absolute Gasteiger partial charge is 0.278 e. The normalized spacial score (nSPS) is 12.6. The van der Waals surface area contributed by atoms with Crippen molar-refractivity contribution in [2.75, 3.05) is 20.8 Å². The molecule has 0 saturated carbocycles. The largest absolute Gasteiger partial charge is 0.493 e. The molecule has 23 heavy (non-hydrogen) atoms. The fraction of sp³-hybridized carbons (Fsp3) is 0.562. The number of ketones is 1. The highest BCUT2D eigenvalue weighted by Crippen LogP contribution is 2.37. The first-order chi connectivity index (χ1) is 10.6. The average molecular weight is 324 g/mol. The van der Waals surface area contributed by atoms with Gasteiger partial charge < -0.3 is 14.8 Å². The second kappa shape index (κ2) is 7.41. The molecule has 0 saturated heterocycles. The van der Waals surface area contributed by atoms with Gasteiger partial charge in [-0.2, -0.15) is 0 Å². The standard InChI is InChI=1S/C16H24N2O5/c1-10(17-5)11-7-13(22-6)14(8-12(11)18(20)21)23-9-15(19)16(2,3)4/h7-8,10,17H,9H2,1-6H3. The molecule has 1 atom stereocenters. The van der Waals surface area contributed by atoms with Gasteiger partial charge in [0.05, 0.1) is 23.7 Å². The first-order valence-corrected chi connectivity index (χ1v) is 7.31. The van der Waals surface area contributed by atoms with Crippen molar-refractivity contribution < 1.29 is 19.2 Å². The second-order valence-electron chi connectivity index (χ2n) is 6.29. The van der Waals surface area contributed by atoms with Crippen molar-refractivity contribution >= 4 is 11.5 Å². The highest BCUT2D eigenvalue weighted by Gasteiger charge is 2.25. The quantitative estimate of drug-likeness (QED) is 0.612. The van der Waals surface area contributed by atoms with Crippen LogP contribution in [0, 0.1) is 15.5 Å². The van der Waals surface area contributed by atoms with Crippen LogP contribution < -0.4 is 14.8 Å². The van der Waals surface area contributed by atoms with Crippen LogP contribution in [0.5, 0.6) is 11.5 Å². The van der Waals surface area contributed by atoms with Crippen molar-refractivity contribution in [3.05, 3.63) is 27.8 Å². The molecule has 0 amide bonds. The molecule has 1 unspecified atom stereocenters. The Balaban J connectivity index is 3.20. The lowest BCUT2D eigenvalue weighted by Gasteiger charge is -2.19. The van der Waals surface area contributed by atoms with E-state index in [9.17, 15) is 14.9 Å². The molecular weight excluding hydrogens is 300 g/mol. The van der Waals surface area contributed by atoms with Crippen molar-refractivity contribution in [3.63, 3.8) is 0 Å². The number of nitro benzene ring substituents is 1. The molecule has 1 aromatic carbocycles. The molecule has 0 spiro atoms. The summed E-state index contributed by atoms with van der Waals surface area (Å²) in [5, 5.41) is 14.3. The second-order valence-corrected chi connectivity index (χ2v) is 6.29. The van der Waals surface area contributed by atoms with Crippen LogP contribution in [0.4, 0.5) is 5.69 Å². The number of methoxy groups -OCH3 is 1. The third kappa shape index (κ3) is 4.66. The third-order valence-corrected chi connectivity index (χ3v) is 3.60. The summed E-state index contributed by atoms with van der Waals surface area (Å²) in [6.45, 7) is 7.01. The van der Waals surface area contributed by atoms with Crippen molar-refractivity contribution in [1.82, 2.24) is 5.32 Å². The average Bonchev–Trinajstić information content (AvgIpc) is 2.49. The fourth-order valence-corrected chi connectivity index (χ4v) is 1.86. The zero-order valence-corrected chi connectivity index (χ0v) is 14.4. The molecular formula is C16H24N2O5. The molecule has 128 valence electrons. The minimum absolute atomic E-state index is 0.0779. The van der Waals surface area contributed by atoms with Gasteiger partial charge in [0.15, 0.2) is 17.3 Å². The molecule has 0 fully saturated rings. The van der Waals surface area contributed by atoms with Crippen LogP contribution in [0.15, 0.2) is 12.1 Å². The summed E-state index contributed by atoms with van der Waals surface area (Å²) in [4.78, 5) is 22.8. The SMILES string of the molecule is CNC(C)c1cc(OC)c(OCC(=O)C(C)(C)C)cc1[N+](=O)[O-]. The molecule has 1 N–H and O–H groups in total. The lowest BCUT2D eigenvalue weighted by atomic mass is 9.91. The van der Waals surface area contributed by atoms with Gasteiger partial charge in [-0.15, -0.1) is 0 Å². The van der Waals surface area contributed by atoms with E-state index in [4.69, 9.17) is 9.47 Å². The van der Waals surface area contributed by atoms with Crippen LogP contribution in [-0.2, 0) is 4.79 Å². The number of nitrogens with zero attached hydrogens (tertiary/aromatic N) is 1. The lowest BCUT2D eigenvalue weighted by Crippen LogP contribution is -2.26. The van der Waals surface area contributed by atoms with E-state index < -0.39 is 10.3 Å². The van der Waals surface area contributed by atoms with Crippen molar-refractivity contribution in [1.29, 1.82) is 0 Å². The predicted molar refractivity (Wildman–Crippen MR) is 87.1 cm³/mol. The number of rotatable bonds is 7. The summed E-state index contributed by atoms with van der Waals surface area (Å²) in [5.41, 5.74) is -0.130. The van der Waals surface area contributed by atoms with E-state index in [1.54, 1.807) is 33.9 Å². The molecule has 0 aromatic heterocycles. The first-order valence-electron chi connectivity index (χ1n) is 7.31. The molecule has 0 aliphatic carbocycles. The van der Waals surface area contributed by atoms with Crippen molar-refractivity contribution in [3.8, 4) is 11.5 Å².